The summed E-state index contributed by atoms with van der Waals surface area (Å²) in [5.41, 5.74) is 2.51. The summed E-state index contributed by atoms with van der Waals surface area (Å²) >= 11 is 0. The molecule has 2 heteroatoms. The van der Waals surface area contributed by atoms with Crippen molar-refractivity contribution in [1.82, 2.24) is 4.98 Å². The molecule has 1 aromatic heterocycles. The van der Waals surface area contributed by atoms with Crippen molar-refractivity contribution in [3.05, 3.63) is 109 Å². The summed E-state index contributed by atoms with van der Waals surface area (Å²) in [4.78, 5) is 4.19. The van der Waals surface area contributed by atoms with Gasteiger partial charge >= 0.3 is 0 Å². The Balaban J connectivity index is 2.01. The first-order valence-electron chi connectivity index (χ1n) is 8.78. The van der Waals surface area contributed by atoms with E-state index in [0.29, 0.717) is 0 Å². The molecule has 0 saturated heterocycles. The summed E-state index contributed by atoms with van der Waals surface area (Å²) in [6, 6.07) is 34.8. The highest BCUT2D eigenvalue weighted by molar-refractivity contribution is 7.95. The third-order valence-electron chi connectivity index (χ3n) is 4.92. The molecule has 0 radical (unpaired) electrons. The molecule has 126 valence electrons. The average Bonchev–Trinajstić information content (AvgIpc) is 2.75. The van der Waals surface area contributed by atoms with Crippen LogP contribution in [0.2, 0.25) is 0 Å². The molecular weight excluding hydrogens is 333 g/mol. The van der Waals surface area contributed by atoms with Crippen molar-refractivity contribution in [2.45, 2.75) is 0 Å². The van der Waals surface area contributed by atoms with Crippen LogP contribution in [0.25, 0.3) is 11.1 Å². The topological polar surface area (TPSA) is 12.9 Å². The van der Waals surface area contributed by atoms with E-state index in [9.17, 15) is 0 Å². The lowest BCUT2D eigenvalue weighted by atomic mass is 10.1. The van der Waals surface area contributed by atoms with Crippen LogP contribution in [0.1, 0.15) is 0 Å². The maximum Gasteiger partial charge on any atom is 0.112 e. The third kappa shape index (κ3) is 2.96. The monoisotopic (exact) mass is 354 g/mol. The van der Waals surface area contributed by atoms with Crippen molar-refractivity contribution in [2.24, 2.45) is 0 Å². The maximum absolute atomic E-state index is 4.19. The molecule has 26 heavy (non-hydrogen) atoms. The van der Waals surface area contributed by atoms with E-state index >= 15 is 0 Å². The van der Waals surface area contributed by atoms with E-state index in [1.54, 1.807) is 0 Å². The van der Waals surface area contributed by atoms with Crippen molar-refractivity contribution in [3.63, 3.8) is 0 Å². The largest absolute Gasteiger partial charge is 0.265 e. The van der Waals surface area contributed by atoms with Crippen LogP contribution >= 0.6 is 7.26 Å². The lowest BCUT2D eigenvalue weighted by Crippen LogP contribution is -2.31. The molecule has 0 bridgehead atoms. The molecule has 4 aromatic rings. The van der Waals surface area contributed by atoms with Gasteiger partial charge < -0.3 is 0 Å². The summed E-state index contributed by atoms with van der Waals surface area (Å²) in [5.74, 6) is 0. The zero-order chi connectivity index (χ0) is 17.8. The molecule has 0 spiro atoms. The van der Waals surface area contributed by atoms with Crippen molar-refractivity contribution in [1.29, 1.82) is 0 Å². The molecule has 0 aliphatic rings. The first kappa shape index (κ1) is 16.7. The van der Waals surface area contributed by atoms with Gasteiger partial charge in [0.2, 0.25) is 0 Å². The Bertz CT molecular complexity index is 943. The fraction of sp³-hybridized carbons (Fsp3) is 0.0417. The molecule has 0 aliphatic carbocycles. The number of hydrogen-bond acceptors (Lipinski definition) is 1. The summed E-state index contributed by atoms with van der Waals surface area (Å²) in [5, 5.41) is 4.20. The molecule has 0 unspecified atom stereocenters. The number of benzene rings is 3. The fourth-order valence-corrected chi connectivity index (χ4v) is 6.98. The van der Waals surface area contributed by atoms with Crippen LogP contribution < -0.4 is 15.9 Å². The second-order valence-corrected chi connectivity index (χ2v) is 9.96. The normalized spacial score (nSPS) is 11.3. The minimum absolute atomic E-state index is 1.22. The van der Waals surface area contributed by atoms with E-state index in [-0.39, 0.29) is 0 Å². The summed E-state index contributed by atoms with van der Waals surface area (Å²) < 4.78 is 0. The van der Waals surface area contributed by atoms with Crippen molar-refractivity contribution >= 4 is 23.2 Å². The zero-order valence-corrected chi connectivity index (χ0v) is 15.7. The Hall–Kier alpha value is -2.76. The average molecular weight is 354 g/mol. The van der Waals surface area contributed by atoms with E-state index < -0.39 is 7.26 Å². The number of rotatable bonds is 4. The smallest absolute Gasteiger partial charge is 0.112 e. The molecule has 0 atom stereocenters. The van der Waals surface area contributed by atoms with Crippen molar-refractivity contribution < 1.29 is 0 Å². The number of nitrogens with zero attached hydrogens (tertiary/aromatic N) is 1. The Morgan fingerprint density at radius 1 is 0.577 bits per heavy atom. The molecule has 3 aromatic carbocycles. The first-order valence-corrected chi connectivity index (χ1v) is 11.0. The lowest BCUT2D eigenvalue weighted by Gasteiger charge is -2.25. The fourth-order valence-electron chi connectivity index (χ4n) is 3.52. The molecule has 0 amide bonds. The van der Waals surface area contributed by atoms with Gasteiger partial charge in [-0.25, -0.2) is 0 Å². The quantitative estimate of drug-likeness (QED) is 0.485. The van der Waals surface area contributed by atoms with Gasteiger partial charge in [-0.1, -0.05) is 54.6 Å². The third-order valence-corrected chi connectivity index (χ3v) is 8.94. The first-order chi connectivity index (χ1) is 12.8. The minimum Gasteiger partial charge on any atom is -0.265 e. The van der Waals surface area contributed by atoms with Crippen LogP contribution in [-0.4, -0.2) is 11.6 Å². The van der Waals surface area contributed by atoms with Crippen LogP contribution in [0.15, 0.2) is 109 Å². The van der Waals surface area contributed by atoms with Gasteiger partial charge in [0.15, 0.2) is 0 Å². The molecule has 4 rings (SSSR count). The zero-order valence-electron chi connectivity index (χ0n) is 14.8. The van der Waals surface area contributed by atoms with E-state index in [2.05, 4.69) is 109 Å². The Morgan fingerprint density at radius 2 is 1.08 bits per heavy atom. The summed E-state index contributed by atoms with van der Waals surface area (Å²) in [6.45, 7) is 2.43. The van der Waals surface area contributed by atoms with Crippen LogP contribution in [0, 0.1) is 0 Å². The van der Waals surface area contributed by atoms with E-state index in [1.807, 2.05) is 12.4 Å². The Kier molecular flexibility index (Phi) is 4.65. The minimum atomic E-state index is -1.75. The molecule has 0 saturated carbocycles. The highest BCUT2D eigenvalue weighted by Crippen LogP contribution is 2.53. The molecular formula is C24H21NP+. The second-order valence-electron chi connectivity index (χ2n) is 6.43. The molecule has 0 fully saturated rings. The molecule has 0 N–H and O–H groups in total. The van der Waals surface area contributed by atoms with Gasteiger partial charge in [0.05, 0.1) is 6.66 Å². The van der Waals surface area contributed by atoms with Crippen molar-refractivity contribution in [3.8, 4) is 11.1 Å². The highest BCUT2D eigenvalue weighted by atomic mass is 31.2. The van der Waals surface area contributed by atoms with Crippen molar-refractivity contribution in [2.75, 3.05) is 6.66 Å². The number of aromatic nitrogens is 1. The molecule has 1 nitrogen and oxygen atoms in total. The predicted octanol–water partition coefficient (Wildman–Crippen LogP) is 4.67. The lowest BCUT2D eigenvalue weighted by molar-refractivity contribution is 1.33. The molecule has 1 heterocycles. The standard InChI is InChI=1S/C24H21NP/c1-26(21-10-4-2-5-11-21,22-12-6-3-7-13-22)24-15-9-8-14-23(24)20-16-18-25-19-17-20/h2-19H,1H3/q+1. The summed E-state index contributed by atoms with van der Waals surface area (Å²) in [7, 11) is -1.75. The van der Waals surface area contributed by atoms with Gasteiger partial charge in [-0.3, -0.25) is 4.98 Å². The van der Waals surface area contributed by atoms with Gasteiger partial charge in [0.1, 0.15) is 23.2 Å². The predicted molar refractivity (Wildman–Crippen MR) is 114 cm³/mol. The SMILES string of the molecule is C[P+](c1ccccc1)(c1ccccc1)c1ccccc1-c1ccncc1. The van der Waals surface area contributed by atoms with Gasteiger partial charge in [0, 0.05) is 18.0 Å². The van der Waals surface area contributed by atoms with Crippen LogP contribution in [0.5, 0.6) is 0 Å². The summed E-state index contributed by atoms with van der Waals surface area (Å²) in [6.07, 6.45) is 3.74. The van der Waals surface area contributed by atoms with E-state index in [1.165, 1.54) is 27.0 Å². The van der Waals surface area contributed by atoms with E-state index in [0.717, 1.165) is 0 Å². The molecule has 0 aliphatic heterocycles. The maximum atomic E-state index is 4.19. The van der Waals surface area contributed by atoms with Crippen LogP contribution in [0.3, 0.4) is 0 Å². The van der Waals surface area contributed by atoms with Gasteiger partial charge in [0.25, 0.3) is 0 Å². The second kappa shape index (κ2) is 7.23. The highest BCUT2D eigenvalue weighted by Gasteiger charge is 2.41. The Labute approximate surface area is 155 Å². The number of hydrogen-bond donors (Lipinski definition) is 0. The number of pyridine rings is 1. The van der Waals surface area contributed by atoms with Crippen LogP contribution in [-0.2, 0) is 0 Å². The van der Waals surface area contributed by atoms with Gasteiger partial charge in [-0.2, -0.15) is 0 Å². The van der Waals surface area contributed by atoms with Gasteiger partial charge in [-0.05, 0) is 48.0 Å². The van der Waals surface area contributed by atoms with E-state index in [4.69, 9.17) is 0 Å². The van der Waals surface area contributed by atoms with Crippen LogP contribution in [0.4, 0.5) is 0 Å². The van der Waals surface area contributed by atoms with Gasteiger partial charge in [-0.15, -0.1) is 0 Å². The Morgan fingerprint density at radius 3 is 1.65 bits per heavy atom.